The average molecular weight is 450 g/mol. The molecular weight excluding hydrogens is 434 g/mol. The van der Waals surface area contributed by atoms with E-state index in [4.69, 9.17) is 21.1 Å². The zero-order valence-corrected chi connectivity index (χ0v) is 17.8. The van der Waals surface area contributed by atoms with Crippen LogP contribution in [0.3, 0.4) is 0 Å². The van der Waals surface area contributed by atoms with Gasteiger partial charge in [0.25, 0.3) is 11.1 Å². The van der Waals surface area contributed by atoms with Gasteiger partial charge in [0.15, 0.2) is 11.5 Å². The summed E-state index contributed by atoms with van der Waals surface area (Å²) >= 11 is 7.25. The van der Waals surface area contributed by atoms with Crippen molar-refractivity contribution in [2.75, 3.05) is 6.79 Å². The van der Waals surface area contributed by atoms with Gasteiger partial charge < -0.3 is 9.47 Å². The molecule has 1 fully saturated rings. The van der Waals surface area contributed by atoms with E-state index in [1.165, 1.54) is 4.90 Å². The minimum Gasteiger partial charge on any atom is -0.454 e. The molecule has 0 atom stereocenters. The van der Waals surface area contributed by atoms with Crippen LogP contribution in [-0.4, -0.2) is 22.8 Å². The van der Waals surface area contributed by atoms with E-state index in [1.54, 1.807) is 18.2 Å². The zero-order valence-electron chi connectivity index (χ0n) is 16.2. The summed E-state index contributed by atoms with van der Waals surface area (Å²) < 4.78 is 10.7. The van der Waals surface area contributed by atoms with Gasteiger partial charge in [-0.05, 0) is 52.2 Å². The summed E-state index contributed by atoms with van der Waals surface area (Å²) in [5.41, 5.74) is 3.61. The predicted octanol–water partition coefficient (Wildman–Crippen LogP) is 5.97. The number of carbonyl (C=O) groups excluding carboxylic acids is 2. The predicted molar refractivity (Wildman–Crippen MR) is 121 cm³/mol. The van der Waals surface area contributed by atoms with Gasteiger partial charge in [0.05, 0.1) is 11.4 Å². The molecule has 2 aliphatic rings. The average Bonchev–Trinajstić information content (AvgIpc) is 3.34. The van der Waals surface area contributed by atoms with Crippen molar-refractivity contribution in [1.29, 1.82) is 0 Å². The van der Waals surface area contributed by atoms with Crippen molar-refractivity contribution >= 4 is 40.6 Å². The highest BCUT2D eigenvalue weighted by Gasteiger charge is 2.35. The Kier molecular flexibility index (Phi) is 5.18. The van der Waals surface area contributed by atoms with Crippen LogP contribution < -0.4 is 9.47 Å². The molecule has 0 aliphatic carbocycles. The maximum atomic E-state index is 12.9. The fourth-order valence-corrected chi connectivity index (χ4v) is 4.53. The third-order valence-electron chi connectivity index (χ3n) is 5.04. The maximum Gasteiger partial charge on any atom is 0.293 e. The second kappa shape index (κ2) is 8.13. The molecule has 7 heteroatoms. The summed E-state index contributed by atoms with van der Waals surface area (Å²) in [5.74, 6) is 0.773. The number of nitrogens with zero attached hydrogens (tertiary/aromatic N) is 1. The quantitative estimate of drug-likeness (QED) is 0.459. The number of ether oxygens (including phenoxy) is 2. The van der Waals surface area contributed by atoms with Crippen molar-refractivity contribution in [2.24, 2.45) is 0 Å². The normalized spacial score (nSPS) is 16.4. The van der Waals surface area contributed by atoms with E-state index < -0.39 is 0 Å². The third kappa shape index (κ3) is 3.92. The van der Waals surface area contributed by atoms with Crippen molar-refractivity contribution < 1.29 is 19.1 Å². The van der Waals surface area contributed by atoms with Crippen LogP contribution in [0.5, 0.6) is 11.5 Å². The SMILES string of the molecule is O=C1SC(=Cc2cccc(-c3ccccc3)c2)C(=O)N1Cc1cc2c(cc1Cl)OCO2. The van der Waals surface area contributed by atoms with Gasteiger partial charge in [-0.15, -0.1) is 0 Å². The van der Waals surface area contributed by atoms with Crippen molar-refractivity contribution in [3.05, 3.63) is 87.8 Å². The highest BCUT2D eigenvalue weighted by Crippen LogP contribution is 2.39. The van der Waals surface area contributed by atoms with Gasteiger partial charge in [0.1, 0.15) is 0 Å². The summed E-state index contributed by atoms with van der Waals surface area (Å²) in [6.45, 7) is 0.197. The Morgan fingerprint density at radius 2 is 1.68 bits per heavy atom. The molecule has 3 aromatic carbocycles. The maximum absolute atomic E-state index is 12.9. The first-order valence-corrected chi connectivity index (χ1v) is 10.8. The van der Waals surface area contributed by atoms with Gasteiger partial charge in [-0.25, -0.2) is 0 Å². The van der Waals surface area contributed by atoms with Crippen LogP contribution in [0.1, 0.15) is 11.1 Å². The van der Waals surface area contributed by atoms with E-state index in [2.05, 4.69) is 0 Å². The van der Waals surface area contributed by atoms with Gasteiger partial charge in [0.2, 0.25) is 6.79 Å². The van der Waals surface area contributed by atoms with Crippen LogP contribution >= 0.6 is 23.4 Å². The van der Waals surface area contributed by atoms with E-state index in [0.29, 0.717) is 27.0 Å². The molecule has 0 spiro atoms. The molecule has 2 heterocycles. The number of hydrogen-bond donors (Lipinski definition) is 0. The molecular formula is C24H16ClNO4S. The fraction of sp³-hybridized carbons (Fsp3) is 0.0833. The number of benzene rings is 3. The summed E-state index contributed by atoms with van der Waals surface area (Å²) in [6, 6.07) is 21.2. The summed E-state index contributed by atoms with van der Waals surface area (Å²) in [7, 11) is 0. The first-order valence-electron chi connectivity index (χ1n) is 9.57. The Bertz CT molecular complexity index is 1230. The number of amides is 2. The van der Waals surface area contributed by atoms with Crippen molar-refractivity contribution in [3.8, 4) is 22.6 Å². The summed E-state index contributed by atoms with van der Waals surface area (Å²) in [6.07, 6.45) is 1.75. The number of carbonyl (C=O) groups is 2. The standard InChI is InChI=1S/C24H16ClNO4S/c25-19-12-21-20(29-14-30-21)11-18(19)13-26-23(27)22(31-24(26)28)10-15-5-4-8-17(9-15)16-6-2-1-3-7-16/h1-12H,13-14H2. The molecule has 5 nitrogen and oxygen atoms in total. The molecule has 0 unspecified atom stereocenters. The summed E-state index contributed by atoms with van der Waals surface area (Å²) in [5, 5.41) is 0.0899. The first-order chi connectivity index (χ1) is 15.1. The van der Waals surface area contributed by atoms with E-state index >= 15 is 0 Å². The number of imide groups is 1. The lowest BCUT2D eigenvalue weighted by Gasteiger charge is -2.14. The molecule has 2 aliphatic heterocycles. The zero-order chi connectivity index (χ0) is 21.4. The molecule has 0 saturated carbocycles. The number of thioether (sulfide) groups is 1. The molecule has 31 heavy (non-hydrogen) atoms. The van der Waals surface area contributed by atoms with E-state index in [0.717, 1.165) is 28.5 Å². The highest BCUT2D eigenvalue weighted by molar-refractivity contribution is 8.18. The fourth-order valence-electron chi connectivity index (χ4n) is 3.48. The topological polar surface area (TPSA) is 55.8 Å². The van der Waals surface area contributed by atoms with Crippen LogP contribution in [0.4, 0.5) is 4.79 Å². The van der Waals surface area contributed by atoms with Crippen molar-refractivity contribution in [1.82, 2.24) is 4.90 Å². The molecule has 2 amide bonds. The van der Waals surface area contributed by atoms with Crippen LogP contribution in [0.25, 0.3) is 17.2 Å². The molecule has 0 N–H and O–H groups in total. The van der Waals surface area contributed by atoms with E-state index in [-0.39, 0.29) is 24.5 Å². The van der Waals surface area contributed by atoms with Gasteiger partial charge >= 0.3 is 0 Å². The van der Waals surface area contributed by atoms with Crippen LogP contribution in [0.2, 0.25) is 5.02 Å². The largest absolute Gasteiger partial charge is 0.454 e. The van der Waals surface area contributed by atoms with Crippen molar-refractivity contribution in [3.63, 3.8) is 0 Å². The van der Waals surface area contributed by atoms with Crippen LogP contribution in [0, 0.1) is 0 Å². The Morgan fingerprint density at radius 1 is 0.935 bits per heavy atom. The molecule has 154 valence electrons. The highest BCUT2D eigenvalue weighted by atomic mass is 35.5. The smallest absolute Gasteiger partial charge is 0.293 e. The third-order valence-corrected chi connectivity index (χ3v) is 6.29. The number of hydrogen-bond acceptors (Lipinski definition) is 5. The lowest BCUT2D eigenvalue weighted by Crippen LogP contribution is -2.27. The lowest BCUT2D eigenvalue weighted by atomic mass is 10.0. The van der Waals surface area contributed by atoms with E-state index in [1.807, 2.05) is 54.6 Å². The van der Waals surface area contributed by atoms with Crippen molar-refractivity contribution in [2.45, 2.75) is 6.54 Å². The van der Waals surface area contributed by atoms with Gasteiger partial charge in [0, 0.05) is 11.1 Å². The van der Waals surface area contributed by atoms with Gasteiger partial charge in [-0.1, -0.05) is 60.1 Å². The Balaban J connectivity index is 1.39. The molecule has 5 rings (SSSR count). The monoisotopic (exact) mass is 449 g/mol. The minimum atomic E-state index is -0.339. The van der Waals surface area contributed by atoms with Crippen LogP contribution in [-0.2, 0) is 11.3 Å². The molecule has 1 saturated heterocycles. The van der Waals surface area contributed by atoms with Gasteiger partial charge in [-0.2, -0.15) is 0 Å². The Hall–Kier alpha value is -3.22. The molecule has 3 aromatic rings. The first kappa shape index (κ1) is 19.7. The summed E-state index contributed by atoms with van der Waals surface area (Å²) in [4.78, 5) is 27.1. The van der Waals surface area contributed by atoms with Crippen LogP contribution in [0.15, 0.2) is 71.6 Å². The lowest BCUT2D eigenvalue weighted by molar-refractivity contribution is -0.123. The molecule has 0 aromatic heterocycles. The van der Waals surface area contributed by atoms with Gasteiger partial charge in [-0.3, -0.25) is 14.5 Å². The number of fused-ring (bicyclic) bond motifs is 1. The Morgan fingerprint density at radius 3 is 2.48 bits per heavy atom. The minimum absolute atomic E-state index is 0.0710. The molecule has 0 radical (unpaired) electrons. The second-order valence-corrected chi connectivity index (χ2v) is 8.46. The number of rotatable bonds is 4. The molecule has 0 bridgehead atoms. The Labute approximate surface area is 188 Å². The second-order valence-electron chi connectivity index (χ2n) is 7.06. The number of halogens is 1. The van der Waals surface area contributed by atoms with E-state index in [9.17, 15) is 9.59 Å².